The Balaban J connectivity index is 1.70. The summed E-state index contributed by atoms with van der Waals surface area (Å²) in [5.74, 6) is 0.716. The molecule has 0 aliphatic carbocycles. The molecule has 1 saturated heterocycles. The van der Waals surface area contributed by atoms with Gasteiger partial charge in [0, 0.05) is 56.1 Å². The van der Waals surface area contributed by atoms with E-state index in [-0.39, 0.29) is 5.91 Å². The van der Waals surface area contributed by atoms with Crippen LogP contribution in [0.2, 0.25) is 5.02 Å². The van der Waals surface area contributed by atoms with Crippen molar-refractivity contribution in [2.75, 3.05) is 32.1 Å². The Morgan fingerprint density at radius 1 is 1.06 bits per heavy atom. The summed E-state index contributed by atoms with van der Waals surface area (Å²) in [6.45, 7) is 3.22. The van der Waals surface area contributed by atoms with Gasteiger partial charge in [-0.1, -0.05) is 30.7 Å². The lowest BCUT2D eigenvalue weighted by Gasteiger charge is -2.40. The van der Waals surface area contributed by atoms with Gasteiger partial charge < -0.3 is 9.80 Å². The van der Waals surface area contributed by atoms with Gasteiger partial charge in [0.1, 0.15) is 11.5 Å². The highest BCUT2D eigenvalue weighted by Crippen LogP contribution is 2.38. The molecule has 3 aromatic rings. The van der Waals surface area contributed by atoms with Crippen LogP contribution in [-0.2, 0) is 11.0 Å². The van der Waals surface area contributed by atoms with E-state index in [4.69, 9.17) is 16.6 Å². The zero-order valence-corrected chi connectivity index (χ0v) is 20.4. The number of nitrogens with zero attached hydrogens (tertiary/aromatic N) is 5. The molecule has 0 N–H and O–H groups in total. The van der Waals surface area contributed by atoms with Crippen LogP contribution in [0.5, 0.6) is 0 Å². The molecule has 0 radical (unpaired) electrons. The quantitative estimate of drug-likeness (QED) is 0.465. The van der Waals surface area contributed by atoms with E-state index in [1.165, 1.54) is 18.3 Å². The monoisotopic (exact) mass is 503 g/mol. The van der Waals surface area contributed by atoms with Crippen LogP contribution in [0.25, 0.3) is 22.5 Å². The maximum atomic E-state index is 13.0. The van der Waals surface area contributed by atoms with Crippen molar-refractivity contribution in [3.05, 3.63) is 59.5 Å². The van der Waals surface area contributed by atoms with Crippen LogP contribution in [0.4, 0.5) is 19.0 Å². The first-order chi connectivity index (χ1) is 16.5. The lowest BCUT2D eigenvalue weighted by Crippen LogP contribution is -2.47. The van der Waals surface area contributed by atoms with Crippen molar-refractivity contribution in [2.45, 2.75) is 25.9 Å². The average molecular weight is 504 g/mol. The van der Waals surface area contributed by atoms with Crippen LogP contribution in [0.1, 0.15) is 25.3 Å². The predicted octanol–water partition coefficient (Wildman–Crippen LogP) is 5.57. The zero-order chi connectivity index (χ0) is 25.4. The molecule has 1 amide bonds. The van der Waals surface area contributed by atoms with E-state index in [9.17, 15) is 18.0 Å². The SMILES string of the molecule is CN(C)C(=O)C1(C)CCN(c2cnc(-c3ccc(C(F)(F)F)cc3)c(-c3ccncc3Cl)n2)CC1. The Morgan fingerprint density at radius 2 is 1.71 bits per heavy atom. The Hall–Kier alpha value is -3.20. The van der Waals surface area contributed by atoms with Crippen molar-refractivity contribution in [3.8, 4) is 22.5 Å². The standard InChI is InChI=1S/C25H25ClF3N5O/c1-24(23(35)33(2)3)9-12-34(13-10-24)20-15-31-21(16-4-6-17(7-5-16)25(27,28)29)22(32-20)18-8-11-30-14-19(18)26/h4-8,11,14-15H,9-10,12-13H2,1-3H3. The molecule has 184 valence electrons. The van der Waals surface area contributed by atoms with E-state index in [0.29, 0.717) is 59.3 Å². The van der Waals surface area contributed by atoms with Crippen molar-refractivity contribution < 1.29 is 18.0 Å². The zero-order valence-electron chi connectivity index (χ0n) is 19.6. The molecule has 0 saturated carbocycles. The summed E-state index contributed by atoms with van der Waals surface area (Å²) in [5, 5.41) is 0.356. The molecule has 35 heavy (non-hydrogen) atoms. The number of piperidine rings is 1. The van der Waals surface area contributed by atoms with Gasteiger partial charge in [0.25, 0.3) is 0 Å². The van der Waals surface area contributed by atoms with Gasteiger partial charge in [-0.05, 0) is 31.0 Å². The third kappa shape index (κ3) is 5.10. The first kappa shape index (κ1) is 24.9. The number of rotatable bonds is 4. The van der Waals surface area contributed by atoms with Crippen LogP contribution in [0.15, 0.2) is 48.9 Å². The van der Waals surface area contributed by atoms with Crippen molar-refractivity contribution in [2.24, 2.45) is 5.41 Å². The van der Waals surface area contributed by atoms with Gasteiger partial charge >= 0.3 is 6.18 Å². The van der Waals surface area contributed by atoms with E-state index in [0.717, 1.165) is 12.1 Å². The number of carbonyl (C=O) groups is 1. The smallest absolute Gasteiger partial charge is 0.355 e. The van der Waals surface area contributed by atoms with Gasteiger partial charge in [-0.2, -0.15) is 13.2 Å². The molecule has 4 rings (SSSR count). The summed E-state index contributed by atoms with van der Waals surface area (Å²) in [4.78, 5) is 29.7. The van der Waals surface area contributed by atoms with Gasteiger partial charge in [-0.25, -0.2) is 4.98 Å². The molecular weight excluding hydrogens is 479 g/mol. The lowest BCUT2D eigenvalue weighted by atomic mass is 9.79. The summed E-state index contributed by atoms with van der Waals surface area (Å²) >= 11 is 6.41. The van der Waals surface area contributed by atoms with Crippen LogP contribution < -0.4 is 4.90 Å². The third-order valence-corrected chi connectivity index (χ3v) is 6.69. The fraction of sp³-hybridized carbons (Fsp3) is 0.360. The molecular formula is C25H25ClF3N5O. The van der Waals surface area contributed by atoms with E-state index < -0.39 is 17.2 Å². The molecule has 0 spiro atoms. The number of hydrogen-bond acceptors (Lipinski definition) is 5. The minimum absolute atomic E-state index is 0.102. The van der Waals surface area contributed by atoms with Crippen molar-refractivity contribution in [1.29, 1.82) is 0 Å². The van der Waals surface area contributed by atoms with Gasteiger partial charge in [-0.15, -0.1) is 0 Å². The van der Waals surface area contributed by atoms with E-state index in [1.807, 2.05) is 6.92 Å². The molecule has 6 nitrogen and oxygen atoms in total. The number of amides is 1. The Bertz CT molecular complexity index is 1220. The van der Waals surface area contributed by atoms with E-state index in [1.54, 1.807) is 37.5 Å². The molecule has 1 aromatic carbocycles. The molecule has 1 aliphatic heterocycles. The van der Waals surface area contributed by atoms with Crippen LogP contribution in [0, 0.1) is 5.41 Å². The Labute approximate surface area is 206 Å². The summed E-state index contributed by atoms with van der Waals surface area (Å²) < 4.78 is 39.1. The number of halogens is 4. The Kier molecular flexibility index (Phi) is 6.73. The normalized spacial score (nSPS) is 15.7. The molecule has 0 bridgehead atoms. The first-order valence-corrected chi connectivity index (χ1v) is 11.5. The van der Waals surface area contributed by atoms with E-state index in [2.05, 4.69) is 14.9 Å². The number of alkyl halides is 3. The topological polar surface area (TPSA) is 62.2 Å². The minimum Gasteiger partial charge on any atom is -0.355 e. The van der Waals surface area contributed by atoms with Crippen LogP contribution >= 0.6 is 11.6 Å². The van der Waals surface area contributed by atoms with Crippen LogP contribution in [-0.4, -0.2) is 52.9 Å². The average Bonchev–Trinajstić information content (AvgIpc) is 2.83. The molecule has 0 atom stereocenters. The highest BCUT2D eigenvalue weighted by Gasteiger charge is 2.38. The number of aromatic nitrogens is 3. The van der Waals surface area contributed by atoms with Crippen molar-refractivity contribution in [3.63, 3.8) is 0 Å². The minimum atomic E-state index is -4.43. The highest BCUT2D eigenvalue weighted by atomic mass is 35.5. The molecule has 1 fully saturated rings. The van der Waals surface area contributed by atoms with Gasteiger partial charge in [0.15, 0.2) is 0 Å². The number of benzene rings is 1. The van der Waals surface area contributed by atoms with E-state index >= 15 is 0 Å². The molecule has 2 aromatic heterocycles. The van der Waals surface area contributed by atoms with Crippen molar-refractivity contribution in [1.82, 2.24) is 19.9 Å². The second kappa shape index (κ2) is 9.45. The van der Waals surface area contributed by atoms with Crippen LogP contribution in [0.3, 0.4) is 0 Å². The summed E-state index contributed by atoms with van der Waals surface area (Å²) in [7, 11) is 3.52. The van der Waals surface area contributed by atoms with Gasteiger partial charge in [-0.3, -0.25) is 14.8 Å². The van der Waals surface area contributed by atoms with Gasteiger partial charge in [0.05, 0.1) is 22.5 Å². The molecule has 1 aliphatic rings. The van der Waals surface area contributed by atoms with Gasteiger partial charge in [0.2, 0.25) is 5.91 Å². The predicted molar refractivity (Wildman–Crippen MR) is 129 cm³/mol. The third-order valence-electron chi connectivity index (χ3n) is 6.39. The summed E-state index contributed by atoms with van der Waals surface area (Å²) in [6, 6.07) is 6.51. The summed E-state index contributed by atoms with van der Waals surface area (Å²) in [5.41, 5.74) is 0.758. The first-order valence-electron chi connectivity index (χ1n) is 11.1. The molecule has 3 heterocycles. The fourth-order valence-electron chi connectivity index (χ4n) is 4.30. The summed E-state index contributed by atoms with van der Waals surface area (Å²) in [6.07, 6.45) is 1.58. The van der Waals surface area contributed by atoms with Crippen molar-refractivity contribution >= 4 is 23.3 Å². The largest absolute Gasteiger partial charge is 0.416 e. The number of anilines is 1. The molecule has 0 unspecified atom stereocenters. The second-order valence-electron chi connectivity index (χ2n) is 9.10. The maximum absolute atomic E-state index is 13.0. The highest BCUT2D eigenvalue weighted by molar-refractivity contribution is 6.33. The molecule has 10 heteroatoms. The lowest BCUT2D eigenvalue weighted by molar-refractivity contribution is -0.139. The number of carbonyl (C=O) groups excluding carboxylic acids is 1. The number of pyridine rings is 1. The number of hydrogen-bond donors (Lipinski definition) is 0. The Morgan fingerprint density at radius 3 is 2.29 bits per heavy atom. The fourth-order valence-corrected chi connectivity index (χ4v) is 4.51. The maximum Gasteiger partial charge on any atom is 0.416 e. The second-order valence-corrected chi connectivity index (χ2v) is 9.51.